The second-order valence-corrected chi connectivity index (χ2v) is 5.14. The standard InChI is InChI=1S/C18H15FN2/c1-12-3-5-14(6-4-12)15-7-8-16(17(19)9-15)18-20-10-13(2)11-21-18/h3-11H,1-2H3. The van der Waals surface area contributed by atoms with Crippen molar-refractivity contribution in [2.75, 3.05) is 0 Å². The van der Waals surface area contributed by atoms with Crippen molar-refractivity contribution in [3.63, 3.8) is 0 Å². The number of halogens is 1. The Morgan fingerprint density at radius 3 is 2.00 bits per heavy atom. The normalized spacial score (nSPS) is 10.6. The van der Waals surface area contributed by atoms with E-state index >= 15 is 0 Å². The van der Waals surface area contributed by atoms with Crippen LogP contribution in [-0.2, 0) is 0 Å². The Bertz CT molecular complexity index is 762. The van der Waals surface area contributed by atoms with E-state index in [4.69, 9.17) is 0 Å². The Labute approximate surface area is 123 Å². The summed E-state index contributed by atoms with van der Waals surface area (Å²) in [6.45, 7) is 3.93. The lowest BCUT2D eigenvalue weighted by Crippen LogP contribution is -1.93. The molecule has 0 aliphatic heterocycles. The zero-order valence-electron chi connectivity index (χ0n) is 12.0. The van der Waals surface area contributed by atoms with Gasteiger partial charge in [0.2, 0.25) is 0 Å². The maximum absolute atomic E-state index is 14.3. The fourth-order valence-electron chi connectivity index (χ4n) is 2.15. The molecule has 3 aromatic rings. The first-order chi connectivity index (χ1) is 10.1. The zero-order chi connectivity index (χ0) is 14.8. The third-order valence-corrected chi connectivity index (χ3v) is 3.38. The van der Waals surface area contributed by atoms with Gasteiger partial charge in [-0.25, -0.2) is 14.4 Å². The zero-order valence-corrected chi connectivity index (χ0v) is 12.0. The number of aryl methyl sites for hydroxylation is 2. The molecule has 0 spiro atoms. The number of nitrogens with zero attached hydrogens (tertiary/aromatic N) is 2. The van der Waals surface area contributed by atoms with Crippen molar-refractivity contribution in [2.24, 2.45) is 0 Å². The van der Waals surface area contributed by atoms with Crippen LogP contribution >= 0.6 is 0 Å². The molecule has 0 N–H and O–H groups in total. The Morgan fingerprint density at radius 1 is 0.762 bits per heavy atom. The molecular weight excluding hydrogens is 263 g/mol. The van der Waals surface area contributed by atoms with E-state index in [1.807, 2.05) is 44.2 Å². The highest BCUT2D eigenvalue weighted by Gasteiger charge is 2.09. The molecule has 1 aromatic heterocycles. The van der Waals surface area contributed by atoms with Crippen LogP contribution in [0.5, 0.6) is 0 Å². The molecule has 0 saturated carbocycles. The molecule has 2 nitrogen and oxygen atoms in total. The quantitative estimate of drug-likeness (QED) is 0.686. The van der Waals surface area contributed by atoms with Gasteiger partial charge in [-0.3, -0.25) is 0 Å². The highest BCUT2D eigenvalue weighted by atomic mass is 19.1. The number of rotatable bonds is 2. The van der Waals surface area contributed by atoms with Crippen LogP contribution in [0.25, 0.3) is 22.5 Å². The van der Waals surface area contributed by atoms with Crippen LogP contribution in [-0.4, -0.2) is 9.97 Å². The second-order valence-electron chi connectivity index (χ2n) is 5.14. The summed E-state index contributed by atoms with van der Waals surface area (Å²) in [6, 6.07) is 13.2. The van der Waals surface area contributed by atoms with E-state index in [2.05, 4.69) is 9.97 Å². The van der Waals surface area contributed by atoms with E-state index in [1.165, 1.54) is 11.6 Å². The van der Waals surface area contributed by atoms with Gasteiger partial charge < -0.3 is 0 Å². The van der Waals surface area contributed by atoms with Crippen LogP contribution in [0.2, 0.25) is 0 Å². The molecule has 0 fully saturated rings. The molecule has 104 valence electrons. The van der Waals surface area contributed by atoms with Gasteiger partial charge in [-0.1, -0.05) is 35.9 Å². The van der Waals surface area contributed by atoms with Crippen LogP contribution in [0.4, 0.5) is 4.39 Å². The Kier molecular flexibility index (Phi) is 3.48. The van der Waals surface area contributed by atoms with Crippen molar-refractivity contribution < 1.29 is 4.39 Å². The minimum Gasteiger partial charge on any atom is -0.236 e. The highest BCUT2D eigenvalue weighted by Crippen LogP contribution is 2.26. The van der Waals surface area contributed by atoms with Gasteiger partial charge >= 0.3 is 0 Å². The number of hydrogen-bond donors (Lipinski definition) is 0. The molecule has 0 radical (unpaired) electrons. The third-order valence-electron chi connectivity index (χ3n) is 3.38. The van der Waals surface area contributed by atoms with Crippen LogP contribution in [0.15, 0.2) is 54.9 Å². The molecule has 0 unspecified atom stereocenters. The van der Waals surface area contributed by atoms with Crippen LogP contribution in [0, 0.1) is 19.7 Å². The lowest BCUT2D eigenvalue weighted by molar-refractivity contribution is 0.630. The van der Waals surface area contributed by atoms with Crippen molar-refractivity contribution in [3.8, 4) is 22.5 Å². The summed E-state index contributed by atoms with van der Waals surface area (Å²) < 4.78 is 14.3. The monoisotopic (exact) mass is 278 g/mol. The largest absolute Gasteiger partial charge is 0.236 e. The van der Waals surface area contributed by atoms with Crippen LogP contribution in [0.1, 0.15) is 11.1 Å². The molecule has 0 amide bonds. The number of aromatic nitrogens is 2. The smallest absolute Gasteiger partial charge is 0.162 e. The molecule has 21 heavy (non-hydrogen) atoms. The van der Waals surface area contributed by atoms with Crippen molar-refractivity contribution in [3.05, 3.63) is 71.8 Å². The van der Waals surface area contributed by atoms with Crippen molar-refractivity contribution in [2.45, 2.75) is 13.8 Å². The van der Waals surface area contributed by atoms with Gasteiger partial charge in [0.25, 0.3) is 0 Å². The SMILES string of the molecule is Cc1ccc(-c2ccc(-c3ncc(C)cn3)c(F)c2)cc1. The first-order valence-electron chi connectivity index (χ1n) is 6.79. The second kappa shape index (κ2) is 5.44. The van der Waals surface area contributed by atoms with Gasteiger partial charge in [-0.2, -0.15) is 0 Å². The van der Waals surface area contributed by atoms with Crippen molar-refractivity contribution in [1.29, 1.82) is 0 Å². The van der Waals surface area contributed by atoms with Gasteiger partial charge in [-0.15, -0.1) is 0 Å². The van der Waals surface area contributed by atoms with Gasteiger partial charge in [0.05, 0.1) is 5.56 Å². The average molecular weight is 278 g/mol. The van der Waals surface area contributed by atoms with Gasteiger partial charge in [0.1, 0.15) is 5.82 Å². The number of hydrogen-bond acceptors (Lipinski definition) is 2. The first kappa shape index (κ1) is 13.4. The summed E-state index contributed by atoms with van der Waals surface area (Å²) in [5.74, 6) is 0.102. The van der Waals surface area contributed by atoms with E-state index < -0.39 is 0 Å². The predicted octanol–water partition coefficient (Wildman–Crippen LogP) is 4.57. The molecule has 2 aromatic carbocycles. The average Bonchev–Trinajstić information content (AvgIpc) is 2.49. The van der Waals surface area contributed by atoms with Gasteiger partial charge in [0, 0.05) is 12.4 Å². The van der Waals surface area contributed by atoms with E-state index in [1.54, 1.807) is 18.5 Å². The van der Waals surface area contributed by atoms with Crippen molar-refractivity contribution in [1.82, 2.24) is 9.97 Å². The van der Waals surface area contributed by atoms with Gasteiger partial charge in [0.15, 0.2) is 5.82 Å². The van der Waals surface area contributed by atoms with Crippen LogP contribution < -0.4 is 0 Å². The summed E-state index contributed by atoms with van der Waals surface area (Å²) in [5, 5.41) is 0. The summed E-state index contributed by atoms with van der Waals surface area (Å²) in [6.07, 6.45) is 3.38. The molecule has 0 saturated heterocycles. The Hall–Kier alpha value is -2.55. The fraction of sp³-hybridized carbons (Fsp3) is 0.111. The minimum absolute atomic E-state index is 0.308. The third kappa shape index (κ3) is 2.82. The maximum atomic E-state index is 14.3. The van der Waals surface area contributed by atoms with Crippen LogP contribution in [0.3, 0.4) is 0 Å². The predicted molar refractivity (Wildman–Crippen MR) is 82.3 cm³/mol. The molecule has 0 atom stereocenters. The fourth-order valence-corrected chi connectivity index (χ4v) is 2.15. The summed E-state index contributed by atoms with van der Waals surface area (Å²) in [4.78, 5) is 8.34. The summed E-state index contributed by atoms with van der Waals surface area (Å²) >= 11 is 0. The molecular formula is C18H15FN2. The molecule has 0 aliphatic rings. The first-order valence-corrected chi connectivity index (χ1v) is 6.79. The van der Waals surface area contributed by atoms with Crippen molar-refractivity contribution >= 4 is 0 Å². The Balaban J connectivity index is 1.99. The van der Waals surface area contributed by atoms with E-state index in [9.17, 15) is 4.39 Å². The number of benzene rings is 2. The molecule has 0 bridgehead atoms. The highest BCUT2D eigenvalue weighted by molar-refractivity contribution is 5.68. The molecule has 3 rings (SSSR count). The van der Waals surface area contributed by atoms with E-state index in [0.29, 0.717) is 11.4 Å². The van der Waals surface area contributed by atoms with E-state index in [0.717, 1.165) is 16.7 Å². The summed E-state index contributed by atoms with van der Waals surface area (Å²) in [5.41, 5.74) is 4.41. The summed E-state index contributed by atoms with van der Waals surface area (Å²) in [7, 11) is 0. The van der Waals surface area contributed by atoms with E-state index in [-0.39, 0.29) is 5.82 Å². The lowest BCUT2D eigenvalue weighted by Gasteiger charge is -2.06. The maximum Gasteiger partial charge on any atom is 0.162 e. The minimum atomic E-state index is -0.308. The molecule has 3 heteroatoms. The molecule has 0 aliphatic carbocycles. The Morgan fingerprint density at radius 2 is 1.38 bits per heavy atom. The molecule has 1 heterocycles. The lowest BCUT2D eigenvalue weighted by atomic mass is 10.0. The topological polar surface area (TPSA) is 25.8 Å². The van der Waals surface area contributed by atoms with Gasteiger partial charge in [-0.05, 0) is 42.7 Å².